The fourth-order valence-electron chi connectivity index (χ4n) is 1.59. The topological polar surface area (TPSA) is 52.3 Å². The molecule has 0 aromatic heterocycles. The van der Waals surface area contributed by atoms with Gasteiger partial charge in [0.1, 0.15) is 24.1 Å². The first-order valence-electron chi connectivity index (χ1n) is 5.74. The Hall–Kier alpha value is -2.02. The van der Waals surface area contributed by atoms with Gasteiger partial charge in [0.05, 0.1) is 21.3 Å². The number of anilines is 1. The number of halogens is 4. The molecule has 2 aromatic carbocycles. The monoisotopic (exact) mass is 359 g/mol. The maximum Gasteiger partial charge on any atom is 0.338 e. The average molecular weight is 360 g/mol. The zero-order chi connectivity index (χ0) is 15.6. The number of carbonyl (C=O) groups excluding carboxylic acids is 1. The van der Waals surface area contributed by atoms with Crippen molar-refractivity contribution in [3.8, 4) is 0 Å². The van der Waals surface area contributed by atoms with Crippen LogP contribution in [0.5, 0.6) is 0 Å². The standard InChI is InChI=1S/C14H9BrF3NO2/c15-9-2-4-10(16)8(13(9)18)6-21-14(20)7-1-3-11(17)12(19)5-7/h1-5H,6,19H2. The van der Waals surface area contributed by atoms with Crippen LogP contribution in [0.3, 0.4) is 0 Å². The Kier molecular flexibility index (Phi) is 4.52. The van der Waals surface area contributed by atoms with Gasteiger partial charge in [0.25, 0.3) is 0 Å². The second-order valence-corrected chi connectivity index (χ2v) is 4.99. The predicted molar refractivity (Wildman–Crippen MR) is 74.0 cm³/mol. The molecule has 0 aliphatic heterocycles. The second kappa shape index (κ2) is 6.17. The van der Waals surface area contributed by atoms with Crippen LogP contribution in [-0.2, 0) is 11.3 Å². The quantitative estimate of drug-likeness (QED) is 0.515. The fourth-order valence-corrected chi connectivity index (χ4v) is 1.96. The third-order valence-corrected chi connectivity index (χ3v) is 3.33. The fraction of sp³-hybridized carbons (Fsp3) is 0.0714. The van der Waals surface area contributed by atoms with E-state index in [2.05, 4.69) is 15.9 Å². The van der Waals surface area contributed by atoms with E-state index in [1.54, 1.807) is 0 Å². The number of rotatable bonds is 3. The summed E-state index contributed by atoms with van der Waals surface area (Å²) in [6.45, 7) is -0.590. The molecule has 0 heterocycles. The largest absolute Gasteiger partial charge is 0.457 e. The minimum absolute atomic E-state index is 0.00952. The van der Waals surface area contributed by atoms with Gasteiger partial charge in [-0.3, -0.25) is 0 Å². The molecule has 0 aliphatic rings. The van der Waals surface area contributed by atoms with Gasteiger partial charge >= 0.3 is 5.97 Å². The number of nitrogens with two attached hydrogens (primary N) is 1. The van der Waals surface area contributed by atoms with Gasteiger partial charge in [-0.05, 0) is 46.3 Å². The van der Waals surface area contributed by atoms with E-state index in [4.69, 9.17) is 10.5 Å². The van der Waals surface area contributed by atoms with E-state index >= 15 is 0 Å². The zero-order valence-electron chi connectivity index (χ0n) is 10.5. The van der Waals surface area contributed by atoms with E-state index in [-0.39, 0.29) is 21.3 Å². The van der Waals surface area contributed by atoms with E-state index < -0.39 is 30.0 Å². The molecule has 2 aromatic rings. The van der Waals surface area contributed by atoms with Crippen molar-refractivity contribution in [2.45, 2.75) is 6.61 Å². The lowest BCUT2D eigenvalue weighted by molar-refractivity contribution is 0.0464. The van der Waals surface area contributed by atoms with Gasteiger partial charge < -0.3 is 10.5 Å². The molecule has 3 nitrogen and oxygen atoms in total. The Morgan fingerprint density at radius 3 is 2.48 bits per heavy atom. The number of nitrogen functional groups attached to an aromatic ring is 1. The number of carbonyl (C=O) groups is 1. The molecule has 0 atom stereocenters. The molecule has 0 radical (unpaired) electrons. The summed E-state index contributed by atoms with van der Waals surface area (Å²) < 4.78 is 45.0. The van der Waals surface area contributed by atoms with Crippen LogP contribution in [0.4, 0.5) is 18.9 Å². The maximum absolute atomic E-state index is 13.7. The van der Waals surface area contributed by atoms with E-state index in [0.717, 1.165) is 18.2 Å². The van der Waals surface area contributed by atoms with Crippen molar-refractivity contribution in [3.05, 3.63) is 63.4 Å². The molecule has 2 rings (SSSR count). The first kappa shape index (κ1) is 15.4. The van der Waals surface area contributed by atoms with E-state index in [1.807, 2.05) is 0 Å². The van der Waals surface area contributed by atoms with Crippen molar-refractivity contribution in [3.63, 3.8) is 0 Å². The Bertz CT molecular complexity index is 707. The van der Waals surface area contributed by atoms with Gasteiger partial charge in [-0.15, -0.1) is 0 Å². The zero-order valence-corrected chi connectivity index (χ0v) is 12.1. The Morgan fingerprint density at radius 2 is 1.81 bits per heavy atom. The van der Waals surface area contributed by atoms with Crippen molar-refractivity contribution in [2.75, 3.05) is 5.73 Å². The molecule has 0 unspecified atom stereocenters. The van der Waals surface area contributed by atoms with Crippen LogP contribution < -0.4 is 5.73 Å². The summed E-state index contributed by atoms with van der Waals surface area (Å²) in [5.74, 6) is -3.21. The molecule has 0 saturated heterocycles. The summed E-state index contributed by atoms with van der Waals surface area (Å²) in [6.07, 6.45) is 0. The molecular weight excluding hydrogens is 351 g/mol. The number of hydrogen-bond donors (Lipinski definition) is 1. The number of hydrogen-bond acceptors (Lipinski definition) is 3. The highest BCUT2D eigenvalue weighted by Crippen LogP contribution is 2.22. The SMILES string of the molecule is Nc1cc(C(=O)OCc2c(F)ccc(Br)c2F)ccc1F. The van der Waals surface area contributed by atoms with Gasteiger partial charge in [0.2, 0.25) is 0 Å². The van der Waals surface area contributed by atoms with Gasteiger partial charge in [0, 0.05) is 0 Å². The molecule has 2 N–H and O–H groups in total. The third-order valence-electron chi connectivity index (χ3n) is 2.72. The summed E-state index contributed by atoms with van der Waals surface area (Å²) in [7, 11) is 0. The van der Waals surface area contributed by atoms with Crippen LogP contribution in [0.15, 0.2) is 34.8 Å². The van der Waals surface area contributed by atoms with Gasteiger partial charge in [0.15, 0.2) is 0 Å². The summed E-state index contributed by atoms with van der Waals surface area (Å²) in [6, 6.07) is 5.52. The van der Waals surface area contributed by atoms with Crippen molar-refractivity contribution in [1.82, 2.24) is 0 Å². The first-order chi connectivity index (χ1) is 9.90. The van der Waals surface area contributed by atoms with Gasteiger partial charge in [-0.25, -0.2) is 18.0 Å². The first-order valence-corrected chi connectivity index (χ1v) is 6.54. The molecular formula is C14H9BrF3NO2. The minimum Gasteiger partial charge on any atom is -0.457 e. The lowest BCUT2D eigenvalue weighted by Gasteiger charge is -2.08. The Labute approximate surface area is 126 Å². The predicted octanol–water partition coefficient (Wildman–Crippen LogP) is 3.81. The normalized spacial score (nSPS) is 10.5. The Morgan fingerprint density at radius 1 is 1.14 bits per heavy atom. The summed E-state index contributed by atoms with van der Waals surface area (Å²) in [4.78, 5) is 11.7. The minimum atomic E-state index is -0.861. The van der Waals surface area contributed by atoms with Gasteiger partial charge in [-0.2, -0.15) is 0 Å². The van der Waals surface area contributed by atoms with Crippen LogP contribution in [-0.4, -0.2) is 5.97 Å². The summed E-state index contributed by atoms with van der Waals surface area (Å²) in [5.41, 5.74) is 4.72. The maximum atomic E-state index is 13.7. The molecule has 0 amide bonds. The Balaban J connectivity index is 2.15. The smallest absolute Gasteiger partial charge is 0.338 e. The second-order valence-electron chi connectivity index (χ2n) is 4.13. The highest BCUT2D eigenvalue weighted by atomic mass is 79.9. The molecule has 21 heavy (non-hydrogen) atoms. The van der Waals surface area contributed by atoms with Crippen molar-refractivity contribution in [2.24, 2.45) is 0 Å². The molecule has 0 spiro atoms. The lowest BCUT2D eigenvalue weighted by Crippen LogP contribution is -2.08. The van der Waals surface area contributed by atoms with Crippen LogP contribution in [0.2, 0.25) is 0 Å². The summed E-state index contributed by atoms with van der Waals surface area (Å²) in [5, 5.41) is 0. The van der Waals surface area contributed by atoms with Crippen LogP contribution in [0, 0.1) is 17.5 Å². The summed E-state index contributed by atoms with van der Waals surface area (Å²) >= 11 is 2.91. The number of ether oxygens (including phenoxy) is 1. The molecule has 7 heteroatoms. The highest BCUT2D eigenvalue weighted by molar-refractivity contribution is 9.10. The molecule has 110 valence electrons. The van der Waals surface area contributed by atoms with Crippen LogP contribution in [0.1, 0.15) is 15.9 Å². The third kappa shape index (κ3) is 3.36. The highest BCUT2D eigenvalue weighted by Gasteiger charge is 2.16. The number of benzene rings is 2. The lowest BCUT2D eigenvalue weighted by atomic mass is 10.2. The average Bonchev–Trinajstić information content (AvgIpc) is 2.45. The molecule has 0 saturated carbocycles. The van der Waals surface area contributed by atoms with Crippen LogP contribution >= 0.6 is 15.9 Å². The van der Waals surface area contributed by atoms with Crippen LogP contribution in [0.25, 0.3) is 0 Å². The molecule has 0 bridgehead atoms. The van der Waals surface area contributed by atoms with Crippen molar-refractivity contribution < 1.29 is 22.7 Å². The van der Waals surface area contributed by atoms with E-state index in [0.29, 0.717) is 0 Å². The molecule has 0 fully saturated rings. The van der Waals surface area contributed by atoms with E-state index in [1.165, 1.54) is 12.1 Å². The van der Waals surface area contributed by atoms with Crippen molar-refractivity contribution in [1.29, 1.82) is 0 Å². The van der Waals surface area contributed by atoms with E-state index in [9.17, 15) is 18.0 Å². The molecule has 0 aliphatic carbocycles. The number of esters is 1. The van der Waals surface area contributed by atoms with Crippen molar-refractivity contribution >= 4 is 27.6 Å². The van der Waals surface area contributed by atoms with Gasteiger partial charge in [-0.1, -0.05) is 0 Å².